The van der Waals surface area contributed by atoms with Crippen LogP contribution in [-0.4, -0.2) is 15.0 Å². The summed E-state index contributed by atoms with van der Waals surface area (Å²) in [4.78, 5) is 0. The maximum atomic E-state index is 12.6. The van der Waals surface area contributed by atoms with Crippen molar-refractivity contribution >= 4 is 10.1 Å². The van der Waals surface area contributed by atoms with Gasteiger partial charge in [-0.05, 0) is 24.1 Å². The van der Waals surface area contributed by atoms with E-state index in [0.29, 0.717) is 12.0 Å². The van der Waals surface area contributed by atoms with Gasteiger partial charge in [0.05, 0.1) is 6.61 Å². The Kier molecular flexibility index (Phi) is 2.28. The van der Waals surface area contributed by atoms with E-state index in [1.807, 2.05) is 0 Å². The molecule has 0 N–H and O–H groups in total. The van der Waals surface area contributed by atoms with Gasteiger partial charge in [-0.2, -0.15) is 8.42 Å². The molecule has 1 unspecified atom stereocenters. The van der Waals surface area contributed by atoms with Crippen molar-refractivity contribution in [2.45, 2.75) is 11.7 Å². The molecule has 5 heteroatoms. The van der Waals surface area contributed by atoms with Crippen molar-refractivity contribution in [1.82, 2.24) is 0 Å². The van der Waals surface area contributed by atoms with Crippen molar-refractivity contribution in [2.24, 2.45) is 0 Å². The van der Waals surface area contributed by atoms with Crippen LogP contribution in [0, 0.1) is 5.82 Å². The third kappa shape index (κ3) is 1.65. The molecule has 1 fully saturated rings. The molecule has 2 rings (SSSR count). The summed E-state index contributed by atoms with van der Waals surface area (Å²) < 4.78 is 39.9. The molecule has 1 saturated heterocycles. The molecule has 1 aromatic rings. The Morgan fingerprint density at radius 3 is 2.43 bits per heavy atom. The highest BCUT2D eigenvalue weighted by Gasteiger charge is 2.33. The van der Waals surface area contributed by atoms with E-state index in [2.05, 4.69) is 4.18 Å². The molecule has 14 heavy (non-hydrogen) atoms. The minimum atomic E-state index is -3.48. The molecule has 76 valence electrons. The van der Waals surface area contributed by atoms with Crippen LogP contribution in [0.15, 0.2) is 24.3 Å². The zero-order valence-electron chi connectivity index (χ0n) is 7.31. The van der Waals surface area contributed by atoms with Gasteiger partial charge in [0.2, 0.25) is 0 Å². The van der Waals surface area contributed by atoms with Gasteiger partial charge in [0.25, 0.3) is 10.1 Å². The van der Waals surface area contributed by atoms with Crippen LogP contribution in [0.3, 0.4) is 0 Å². The predicted molar refractivity (Wildman–Crippen MR) is 48.6 cm³/mol. The summed E-state index contributed by atoms with van der Waals surface area (Å²) in [6.45, 7) is 0.213. The fraction of sp³-hybridized carbons (Fsp3) is 0.333. The number of halogens is 1. The SMILES string of the molecule is O=S1(=O)OCCC1c1ccc(F)cc1. The normalized spacial score (nSPS) is 25.1. The molecule has 1 atom stereocenters. The Labute approximate surface area is 81.6 Å². The standard InChI is InChI=1S/C9H9FO3S/c10-8-3-1-7(2-4-8)9-5-6-13-14(9,11)12/h1-4,9H,5-6H2. The van der Waals surface area contributed by atoms with Crippen LogP contribution in [0.5, 0.6) is 0 Å². The van der Waals surface area contributed by atoms with E-state index in [0.717, 1.165) is 0 Å². The molecule has 0 amide bonds. The second-order valence-corrected chi connectivity index (χ2v) is 4.93. The molecule has 1 heterocycles. The highest BCUT2D eigenvalue weighted by atomic mass is 32.2. The summed E-state index contributed by atoms with van der Waals surface area (Å²) in [7, 11) is -3.48. The van der Waals surface area contributed by atoms with Crippen LogP contribution >= 0.6 is 0 Å². The lowest BCUT2D eigenvalue weighted by Crippen LogP contribution is -2.06. The van der Waals surface area contributed by atoms with Gasteiger partial charge in [0.15, 0.2) is 0 Å². The molecule has 3 nitrogen and oxygen atoms in total. The minimum Gasteiger partial charge on any atom is -0.270 e. The van der Waals surface area contributed by atoms with Crippen LogP contribution in [0.4, 0.5) is 4.39 Å². The lowest BCUT2D eigenvalue weighted by Gasteiger charge is -2.06. The molecule has 0 spiro atoms. The smallest absolute Gasteiger partial charge is 0.270 e. The summed E-state index contributed by atoms with van der Waals surface area (Å²) in [5, 5.41) is -0.636. The maximum absolute atomic E-state index is 12.6. The number of hydrogen-bond acceptors (Lipinski definition) is 3. The second kappa shape index (κ2) is 3.33. The van der Waals surface area contributed by atoms with Gasteiger partial charge < -0.3 is 0 Å². The molecular weight excluding hydrogens is 207 g/mol. The van der Waals surface area contributed by atoms with Gasteiger partial charge >= 0.3 is 0 Å². The Morgan fingerprint density at radius 2 is 1.93 bits per heavy atom. The number of hydrogen-bond donors (Lipinski definition) is 0. The summed E-state index contributed by atoms with van der Waals surface area (Å²) in [5.74, 6) is -0.370. The van der Waals surface area contributed by atoms with Gasteiger partial charge in [-0.15, -0.1) is 0 Å². The average molecular weight is 216 g/mol. The van der Waals surface area contributed by atoms with Crippen molar-refractivity contribution in [3.8, 4) is 0 Å². The van der Waals surface area contributed by atoms with E-state index in [4.69, 9.17) is 0 Å². The Balaban J connectivity index is 2.36. The van der Waals surface area contributed by atoms with Crippen LogP contribution in [0.1, 0.15) is 17.2 Å². The molecule has 0 radical (unpaired) electrons. The summed E-state index contributed by atoms with van der Waals surface area (Å²) >= 11 is 0. The first-order valence-electron chi connectivity index (χ1n) is 4.23. The van der Waals surface area contributed by atoms with Gasteiger partial charge in [-0.1, -0.05) is 12.1 Å². The first-order chi connectivity index (χ1) is 6.59. The van der Waals surface area contributed by atoms with Crippen molar-refractivity contribution < 1.29 is 17.0 Å². The van der Waals surface area contributed by atoms with Crippen molar-refractivity contribution in [3.05, 3.63) is 35.6 Å². The molecule has 1 aliphatic heterocycles. The maximum Gasteiger partial charge on any atom is 0.274 e. The van der Waals surface area contributed by atoms with E-state index in [1.54, 1.807) is 0 Å². The first kappa shape index (κ1) is 9.61. The summed E-state index contributed by atoms with van der Waals surface area (Å²) in [5.41, 5.74) is 0.587. The van der Waals surface area contributed by atoms with Crippen LogP contribution in [-0.2, 0) is 14.3 Å². The van der Waals surface area contributed by atoms with E-state index >= 15 is 0 Å². The zero-order valence-corrected chi connectivity index (χ0v) is 8.13. The summed E-state index contributed by atoms with van der Waals surface area (Å²) in [6, 6.07) is 5.46. The molecule has 1 aromatic carbocycles. The van der Waals surface area contributed by atoms with E-state index in [9.17, 15) is 12.8 Å². The molecule has 0 aliphatic carbocycles. The fourth-order valence-corrected chi connectivity index (χ4v) is 2.88. The Hall–Kier alpha value is -0.940. The number of rotatable bonds is 1. The van der Waals surface area contributed by atoms with Gasteiger partial charge in [-0.25, -0.2) is 4.39 Å². The van der Waals surface area contributed by atoms with Crippen LogP contribution in [0.2, 0.25) is 0 Å². The highest BCUT2D eigenvalue weighted by molar-refractivity contribution is 7.87. The van der Waals surface area contributed by atoms with E-state index in [-0.39, 0.29) is 12.4 Å². The molecule has 0 bridgehead atoms. The highest BCUT2D eigenvalue weighted by Crippen LogP contribution is 2.32. The lowest BCUT2D eigenvalue weighted by atomic mass is 10.1. The molecule has 1 aliphatic rings. The van der Waals surface area contributed by atoms with Crippen molar-refractivity contribution in [1.29, 1.82) is 0 Å². The second-order valence-electron chi connectivity index (χ2n) is 3.14. The van der Waals surface area contributed by atoms with Crippen molar-refractivity contribution in [2.75, 3.05) is 6.61 Å². The lowest BCUT2D eigenvalue weighted by molar-refractivity contribution is 0.354. The minimum absolute atomic E-state index is 0.213. The van der Waals surface area contributed by atoms with Crippen LogP contribution < -0.4 is 0 Å². The molecular formula is C9H9FO3S. The third-order valence-corrected chi connectivity index (χ3v) is 3.92. The number of benzene rings is 1. The third-order valence-electron chi connectivity index (χ3n) is 2.22. The topological polar surface area (TPSA) is 43.4 Å². The van der Waals surface area contributed by atoms with Gasteiger partial charge in [-0.3, -0.25) is 4.18 Å². The molecule has 0 aromatic heterocycles. The van der Waals surface area contributed by atoms with Crippen LogP contribution in [0.25, 0.3) is 0 Å². The summed E-state index contributed by atoms with van der Waals surface area (Å²) in [6.07, 6.45) is 0.438. The van der Waals surface area contributed by atoms with Crippen molar-refractivity contribution in [3.63, 3.8) is 0 Å². The van der Waals surface area contributed by atoms with E-state index in [1.165, 1.54) is 24.3 Å². The first-order valence-corrected chi connectivity index (χ1v) is 5.70. The quantitative estimate of drug-likeness (QED) is 0.670. The van der Waals surface area contributed by atoms with E-state index < -0.39 is 15.4 Å². The average Bonchev–Trinajstić information content (AvgIpc) is 2.47. The largest absolute Gasteiger partial charge is 0.274 e. The zero-order chi connectivity index (χ0) is 10.2. The Bertz CT molecular complexity index is 424. The molecule has 0 saturated carbocycles. The monoisotopic (exact) mass is 216 g/mol. The predicted octanol–water partition coefficient (Wildman–Crippen LogP) is 1.62. The van der Waals surface area contributed by atoms with Gasteiger partial charge in [0, 0.05) is 0 Å². The Morgan fingerprint density at radius 1 is 1.29 bits per heavy atom. The fourth-order valence-electron chi connectivity index (χ4n) is 1.51. The van der Waals surface area contributed by atoms with Gasteiger partial charge in [0.1, 0.15) is 11.1 Å².